The molecule has 2 aromatic rings. The smallest absolute Gasteiger partial charge is 0.309 e. The largest absolute Gasteiger partial charge is 0.481 e. The summed E-state index contributed by atoms with van der Waals surface area (Å²) in [5, 5.41) is 12.1. The van der Waals surface area contributed by atoms with Crippen LogP contribution in [-0.2, 0) is 11.2 Å². The number of rotatable bonds is 3. The van der Waals surface area contributed by atoms with Crippen LogP contribution < -0.4 is 0 Å². The Balaban J connectivity index is 1.74. The second kappa shape index (κ2) is 4.08. The first-order valence-electron chi connectivity index (χ1n) is 7.38. The Morgan fingerprint density at radius 3 is 2.55 bits per heavy atom. The van der Waals surface area contributed by atoms with Gasteiger partial charge in [-0.05, 0) is 53.9 Å². The second-order valence-electron chi connectivity index (χ2n) is 6.56. The third-order valence-corrected chi connectivity index (χ3v) is 5.24. The molecule has 0 amide bonds. The van der Waals surface area contributed by atoms with Gasteiger partial charge in [0.1, 0.15) is 0 Å². The van der Waals surface area contributed by atoms with E-state index >= 15 is 0 Å². The van der Waals surface area contributed by atoms with Crippen LogP contribution in [0.3, 0.4) is 0 Å². The van der Waals surface area contributed by atoms with E-state index in [4.69, 9.17) is 0 Å². The molecular weight excluding hydrogens is 248 g/mol. The summed E-state index contributed by atoms with van der Waals surface area (Å²) in [6, 6.07) is 14.5. The summed E-state index contributed by atoms with van der Waals surface area (Å²) in [6.07, 6.45) is 3.67. The van der Waals surface area contributed by atoms with Crippen LogP contribution in [0.25, 0.3) is 10.8 Å². The minimum atomic E-state index is -0.599. The molecule has 2 nitrogen and oxygen atoms in total. The fourth-order valence-corrected chi connectivity index (χ4v) is 4.10. The van der Waals surface area contributed by atoms with E-state index in [-0.39, 0.29) is 0 Å². The van der Waals surface area contributed by atoms with Gasteiger partial charge < -0.3 is 5.11 Å². The predicted octanol–water partition coefficient (Wildman–Crippen LogP) is 3.88. The normalized spacial score (nSPS) is 31.2. The fourth-order valence-electron chi connectivity index (χ4n) is 4.10. The molecule has 0 aliphatic heterocycles. The van der Waals surface area contributed by atoms with Crippen LogP contribution in [0.4, 0.5) is 0 Å². The van der Waals surface area contributed by atoms with E-state index in [1.54, 1.807) is 0 Å². The SMILES string of the molecule is O=C(O)C1(Cc2cccc3ccccc23)CC2CC2C1. The van der Waals surface area contributed by atoms with Gasteiger partial charge in [-0.3, -0.25) is 4.79 Å². The Hall–Kier alpha value is -1.83. The molecule has 0 heterocycles. The summed E-state index contributed by atoms with van der Waals surface area (Å²) in [7, 11) is 0. The molecule has 1 N–H and O–H groups in total. The Morgan fingerprint density at radius 2 is 1.80 bits per heavy atom. The van der Waals surface area contributed by atoms with Gasteiger partial charge in [-0.25, -0.2) is 0 Å². The zero-order valence-electron chi connectivity index (χ0n) is 11.4. The zero-order chi connectivity index (χ0) is 13.7. The first-order valence-corrected chi connectivity index (χ1v) is 7.38. The zero-order valence-corrected chi connectivity index (χ0v) is 11.4. The number of aliphatic carboxylic acids is 1. The van der Waals surface area contributed by atoms with Crippen molar-refractivity contribution in [3.63, 3.8) is 0 Å². The summed E-state index contributed by atoms with van der Waals surface area (Å²) in [5.74, 6) is 0.764. The molecule has 2 heteroatoms. The van der Waals surface area contributed by atoms with Crippen molar-refractivity contribution in [3.05, 3.63) is 48.0 Å². The van der Waals surface area contributed by atoms with Crippen LogP contribution >= 0.6 is 0 Å². The van der Waals surface area contributed by atoms with E-state index in [0.717, 1.165) is 12.8 Å². The van der Waals surface area contributed by atoms with Crippen LogP contribution in [0, 0.1) is 17.3 Å². The number of carbonyl (C=O) groups is 1. The monoisotopic (exact) mass is 266 g/mol. The number of carboxylic acids is 1. The third-order valence-electron chi connectivity index (χ3n) is 5.24. The Labute approximate surface area is 118 Å². The van der Waals surface area contributed by atoms with Crippen molar-refractivity contribution in [1.29, 1.82) is 0 Å². The van der Waals surface area contributed by atoms with Gasteiger partial charge in [0, 0.05) is 0 Å². The van der Waals surface area contributed by atoms with Crippen molar-refractivity contribution < 1.29 is 9.90 Å². The van der Waals surface area contributed by atoms with Gasteiger partial charge >= 0.3 is 5.97 Å². The molecule has 20 heavy (non-hydrogen) atoms. The first kappa shape index (κ1) is 12.0. The molecule has 4 rings (SSSR count). The van der Waals surface area contributed by atoms with Crippen molar-refractivity contribution in [1.82, 2.24) is 0 Å². The molecular formula is C18H18O2. The molecule has 2 saturated carbocycles. The highest BCUT2D eigenvalue weighted by Gasteiger charge is 2.57. The van der Waals surface area contributed by atoms with Crippen molar-refractivity contribution in [3.8, 4) is 0 Å². The number of hydrogen-bond donors (Lipinski definition) is 1. The first-order chi connectivity index (χ1) is 9.68. The van der Waals surface area contributed by atoms with E-state index in [1.807, 2.05) is 18.2 Å². The minimum Gasteiger partial charge on any atom is -0.481 e. The summed E-state index contributed by atoms with van der Waals surface area (Å²) in [5.41, 5.74) is 0.671. The summed E-state index contributed by atoms with van der Waals surface area (Å²) in [4.78, 5) is 11.8. The average molecular weight is 266 g/mol. The molecule has 2 atom stereocenters. The quantitative estimate of drug-likeness (QED) is 0.915. The van der Waals surface area contributed by atoms with Crippen LogP contribution in [0.15, 0.2) is 42.5 Å². The van der Waals surface area contributed by atoms with Gasteiger partial charge in [-0.1, -0.05) is 42.5 Å². The Morgan fingerprint density at radius 1 is 1.10 bits per heavy atom. The predicted molar refractivity (Wildman–Crippen MR) is 78.6 cm³/mol. The number of hydrogen-bond acceptors (Lipinski definition) is 1. The molecule has 2 aromatic carbocycles. The van der Waals surface area contributed by atoms with E-state index in [1.165, 1.54) is 22.8 Å². The van der Waals surface area contributed by atoms with Crippen molar-refractivity contribution in [2.24, 2.45) is 17.3 Å². The maximum absolute atomic E-state index is 11.8. The molecule has 0 bridgehead atoms. The van der Waals surface area contributed by atoms with E-state index in [2.05, 4.69) is 24.3 Å². The molecule has 0 saturated heterocycles. The average Bonchev–Trinajstić information content (AvgIpc) is 3.07. The molecule has 0 radical (unpaired) electrons. The fraction of sp³-hybridized carbons (Fsp3) is 0.389. The third kappa shape index (κ3) is 1.75. The van der Waals surface area contributed by atoms with Crippen molar-refractivity contribution >= 4 is 16.7 Å². The minimum absolute atomic E-state index is 0.516. The molecule has 0 spiro atoms. The van der Waals surface area contributed by atoms with Gasteiger partial charge in [0.15, 0.2) is 0 Å². The van der Waals surface area contributed by atoms with Gasteiger partial charge in [-0.2, -0.15) is 0 Å². The summed E-state index contributed by atoms with van der Waals surface area (Å²) in [6.45, 7) is 0. The molecule has 2 aliphatic rings. The lowest BCUT2D eigenvalue weighted by Crippen LogP contribution is -2.32. The molecule has 2 unspecified atom stereocenters. The van der Waals surface area contributed by atoms with Gasteiger partial charge in [0.2, 0.25) is 0 Å². The van der Waals surface area contributed by atoms with Gasteiger partial charge in [0.25, 0.3) is 0 Å². The van der Waals surface area contributed by atoms with Crippen LogP contribution in [-0.4, -0.2) is 11.1 Å². The summed E-state index contributed by atoms with van der Waals surface area (Å²) < 4.78 is 0. The summed E-state index contributed by atoms with van der Waals surface area (Å²) >= 11 is 0. The van der Waals surface area contributed by atoms with Crippen molar-refractivity contribution in [2.45, 2.75) is 25.7 Å². The van der Waals surface area contributed by atoms with Crippen LogP contribution in [0.2, 0.25) is 0 Å². The highest BCUT2D eigenvalue weighted by Crippen LogP contribution is 2.61. The highest BCUT2D eigenvalue weighted by molar-refractivity contribution is 5.86. The number of fused-ring (bicyclic) bond motifs is 2. The molecule has 102 valence electrons. The Kier molecular flexibility index (Phi) is 2.44. The van der Waals surface area contributed by atoms with Gasteiger partial charge in [0.05, 0.1) is 5.41 Å². The lowest BCUT2D eigenvalue weighted by Gasteiger charge is -2.26. The lowest BCUT2D eigenvalue weighted by molar-refractivity contribution is -0.149. The second-order valence-corrected chi connectivity index (χ2v) is 6.56. The maximum atomic E-state index is 11.8. The van der Waals surface area contributed by atoms with Crippen molar-refractivity contribution in [2.75, 3.05) is 0 Å². The standard InChI is InChI=1S/C18H18O2/c19-17(20)18(10-14-8-15(14)11-18)9-13-6-3-5-12-4-1-2-7-16(12)13/h1-7,14-15H,8-11H2,(H,19,20). The van der Waals surface area contributed by atoms with E-state index < -0.39 is 11.4 Å². The molecule has 0 aromatic heterocycles. The molecule has 2 aliphatic carbocycles. The highest BCUT2D eigenvalue weighted by atomic mass is 16.4. The number of benzene rings is 2. The van der Waals surface area contributed by atoms with Crippen LogP contribution in [0.5, 0.6) is 0 Å². The van der Waals surface area contributed by atoms with Gasteiger partial charge in [-0.15, -0.1) is 0 Å². The van der Waals surface area contributed by atoms with E-state index in [9.17, 15) is 9.90 Å². The van der Waals surface area contributed by atoms with Crippen LogP contribution in [0.1, 0.15) is 24.8 Å². The number of carboxylic acid groups (broad SMARTS) is 1. The molecule has 2 fully saturated rings. The topological polar surface area (TPSA) is 37.3 Å². The van der Waals surface area contributed by atoms with E-state index in [0.29, 0.717) is 18.3 Å². The maximum Gasteiger partial charge on any atom is 0.309 e. The lowest BCUT2D eigenvalue weighted by atomic mass is 9.76. The Bertz CT molecular complexity index is 673.